The Balaban J connectivity index is 2.27. The SMILES string of the molecule is CCCOCCOc1ccc(CC(N)CC)nc1. The highest BCUT2D eigenvalue weighted by atomic mass is 16.5. The minimum Gasteiger partial charge on any atom is -0.490 e. The van der Waals surface area contributed by atoms with Crippen LogP contribution in [0, 0.1) is 0 Å². The molecule has 0 aromatic carbocycles. The van der Waals surface area contributed by atoms with Gasteiger partial charge < -0.3 is 15.2 Å². The number of hydrogen-bond acceptors (Lipinski definition) is 4. The number of nitrogens with zero attached hydrogens (tertiary/aromatic N) is 1. The van der Waals surface area contributed by atoms with Crippen LogP contribution < -0.4 is 10.5 Å². The fraction of sp³-hybridized carbons (Fsp3) is 0.643. The first-order chi connectivity index (χ1) is 8.76. The van der Waals surface area contributed by atoms with Crippen LogP contribution in [0.3, 0.4) is 0 Å². The van der Waals surface area contributed by atoms with Gasteiger partial charge in [0.15, 0.2) is 0 Å². The van der Waals surface area contributed by atoms with Crippen molar-refractivity contribution in [2.24, 2.45) is 5.73 Å². The molecule has 0 spiro atoms. The van der Waals surface area contributed by atoms with Gasteiger partial charge in [0.1, 0.15) is 12.4 Å². The summed E-state index contributed by atoms with van der Waals surface area (Å²) in [6, 6.07) is 4.09. The average molecular weight is 252 g/mol. The van der Waals surface area contributed by atoms with Crippen molar-refractivity contribution < 1.29 is 9.47 Å². The van der Waals surface area contributed by atoms with E-state index in [1.165, 1.54) is 0 Å². The second kappa shape index (κ2) is 8.89. The zero-order chi connectivity index (χ0) is 13.2. The highest BCUT2D eigenvalue weighted by Gasteiger charge is 2.03. The Morgan fingerprint density at radius 2 is 2.06 bits per heavy atom. The van der Waals surface area contributed by atoms with Crippen LogP contribution in [0.1, 0.15) is 32.4 Å². The van der Waals surface area contributed by atoms with Crippen molar-refractivity contribution in [1.29, 1.82) is 0 Å². The Morgan fingerprint density at radius 3 is 2.67 bits per heavy atom. The van der Waals surface area contributed by atoms with Crippen LogP contribution in [0.25, 0.3) is 0 Å². The van der Waals surface area contributed by atoms with Gasteiger partial charge >= 0.3 is 0 Å². The molecular weight excluding hydrogens is 228 g/mol. The van der Waals surface area contributed by atoms with Crippen molar-refractivity contribution in [2.75, 3.05) is 19.8 Å². The van der Waals surface area contributed by atoms with Crippen molar-refractivity contribution in [1.82, 2.24) is 4.98 Å². The molecule has 0 radical (unpaired) electrons. The molecule has 4 nitrogen and oxygen atoms in total. The van der Waals surface area contributed by atoms with Crippen LogP contribution in [0.4, 0.5) is 0 Å². The molecule has 18 heavy (non-hydrogen) atoms. The first-order valence-corrected chi connectivity index (χ1v) is 6.67. The lowest BCUT2D eigenvalue weighted by molar-refractivity contribution is 0.100. The Hall–Kier alpha value is -1.13. The summed E-state index contributed by atoms with van der Waals surface area (Å²) in [5.74, 6) is 0.781. The average Bonchev–Trinajstić information content (AvgIpc) is 2.40. The van der Waals surface area contributed by atoms with Gasteiger partial charge in [-0.05, 0) is 25.0 Å². The summed E-state index contributed by atoms with van der Waals surface area (Å²) in [7, 11) is 0. The molecule has 1 aromatic rings. The number of hydrogen-bond donors (Lipinski definition) is 1. The maximum atomic E-state index is 5.88. The van der Waals surface area contributed by atoms with Gasteiger partial charge in [-0.15, -0.1) is 0 Å². The molecule has 0 amide bonds. The lowest BCUT2D eigenvalue weighted by atomic mass is 10.1. The largest absolute Gasteiger partial charge is 0.490 e. The number of rotatable bonds is 9. The lowest BCUT2D eigenvalue weighted by Gasteiger charge is -2.09. The van der Waals surface area contributed by atoms with Crippen LogP contribution in [-0.2, 0) is 11.2 Å². The second-order valence-corrected chi connectivity index (χ2v) is 4.32. The number of pyridine rings is 1. The molecule has 2 N–H and O–H groups in total. The van der Waals surface area contributed by atoms with Gasteiger partial charge in [0.2, 0.25) is 0 Å². The summed E-state index contributed by atoms with van der Waals surface area (Å²) in [6.45, 7) is 6.14. The molecule has 0 fully saturated rings. The zero-order valence-corrected chi connectivity index (χ0v) is 11.4. The zero-order valence-electron chi connectivity index (χ0n) is 11.4. The van der Waals surface area contributed by atoms with E-state index >= 15 is 0 Å². The Kier molecular flexibility index (Phi) is 7.37. The van der Waals surface area contributed by atoms with Crippen LogP contribution in [0.15, 0.2) is 18.3 Å². The first-order valence-electron chi connectivity index (χ1n) is 6.67. The first kappa shape index (κ1) is 14.9. The third kappa shape index (κ3) is 5.98. The molecular formula is C14H24N2O2. The molecule has 1 heterocycles. The molecule has 1 aromatic heterocycles. The van der Waals surface area contributed by atoms with Crippen molar-refractivity contribution in [3.63, 3.8) is 0 Å². The predicted molar refractivity (Wildman–Crippen MR) is 72.8 cm³/mol. The van der Waals surface area contributed by atoms with E-state index in [9.17, 15) is 0 Å². The van der Waals surface area contributed by atoms with Crippen molar-refractivity contribution >= 4 is 0 Å². The maximum Gasteiger partial charge on any atom is 0.137 e. The minimum absolute atomic E-state index is 0.187. The number of ether oxygens (including phenoxy) is 2. The number of nitrogens with two attached hydrogens (primary N) is 1. The van der Waals surface area contributed by atoms with Gasteiger partial charge in [-0.1, -0.05) is 13.8 Å². The minimum atomic E-state index is 0.187. The van der Waals surface area contributed by atoms with Gasteiger partial charge in [-0.25, -0.2) is 0 Å². The summed E-state index contributed by atoms with van der Waals surface area (Å²) < 4.78 is 10.9. The molecule has 0 aliphatic rings. The van der Waals surface area contributed by atoms with E-state index in [0.29, 0.717) is 13.2 Å². The topological polar surface area (TPSA) is 57.4 Å². The molecule has 0 aliphatic carbocycles. The summed E-state index contributed by atoms with van der Waals surface area (Å²) in [4.78, 5) is 4.34. The van der Waals surface area contributed by atoms with Crippen molar-refractivity contribution in [2.45, 2.75) is 39.2 Å². The summed E-state index contributed by atoms with van der Waals surface area (Å²) >= 11 is 0. The van der Waals surface area contributed by atoms with E-state index in [1.54, 1.807) is 6.20 Å². The van der Waals surface area contributed by atoms with Crippen molar-refractivity contribution in [3.05, 3.63) is 24.0 Å². The van der Waals surface area contributed by atoms with E-state index in [2.05, 4.69) is 18.8 Å². The summed E-state index contributed by atoms with van der Waals surface area (Å²) in [5.41, 5.74) is 6.89. The van der Waals surface area contributed by atoms with Gasteiger partial charge in [0, 0.05) is 24.8 Å². The third-order valence-electron chi connectivity index (χ3n) is 2.64. The quantitative estimate of drug-likeness (QED) is 0.684. The van der Waals surface area contributed by atoms with E-state index in [-0.39, 0.29) is 6.04 Å². The fourth-order valence-electron chi connectivity index (χ4n) is 1.49. The predicted octanol–water partition coefficient (Wildman–Crippen LogP) is 2.17. The van der Waals surface area contributed by atoms with Crippen LogP contribution in [-0.4, -0.2) is 30.8 Å². The normalized spacial score (nSPS) is 12.4. The maximum absolute atomic E-state index is 5.88. The van der Waals surface area contributed by atoms with Gasteiger partial charge in [-0.3, -0.25) is 4.98 Å². The smallest absolute Gasteiger partial charge is 0.137 e. The molecule has 1 atom stereocenters. The Labute approximate surface area is 110 Å². The van der Waals surface area contributed by atoms with Crippen LogP contribution in [0.2, 0.25) is 0 Å². The molecule has 0 saturated carbocycles. The Morgan fingerprint density at radius 1 is 1.22 bits per heavy atom. The van der Waals surface area contributed by atoms with E-state index < -0.39 is 0 Å². The molecule has 1 rings (SSSR count). The molecule has 102 valence electrons. The third-order valence-corrected chi connectivity index (χ3v) is 2.64. The Bertz CT molecular complexity index is 314. The lowest BCUT2D eigenvalue weighted by Crippen LogP contribution is -2.21. The van der Waals surface area contributed by atoms with Gasteiger partial charge in [-0.2, -0.15) is 0 Å². The monoisotopic (exact) mass is 252 g/mol. The summed E-state index contributed by atoms with van der Waals surface area (Å²) in [6.07, 6.45) is 4.57. The molecule has 4 heteroatoms. The van der Waals surface area contributed by atoms with Gasteiger partial charge in [0.25, 0.3) is 0 Å². The van der Waals surface area contributed by atoms with E-state index in [4.69, 9.17) is 15.2 Å². The van der Waals surface area contributed by atoms with Crippen LogP contribution >= 0.6 is 0 Å². The highest BCUT2D eigenvalue weighted by Crippen LogP contribution is 2.10. The standard InChI is InChI=1S/C14H24N2O2/c1-3-7-17-8-9-18-14-6-5-13(16-11-14)10-12(15)4-2/h5-6,11-12H,3-4,7-10,15H2,1-2H3. The molecule has 0 aliphatic heterocycles. The number of aromatic nitrogens is 1. The van der Waals surface area contributed by atoms with Gasteiger partial charge in [0.05, 0.1) is 12.8 Å². The fourth-order valence-corrected chi connectivity index (χ4v) is 1.49. The highest BCUT2D eigenvalue weighted by molar-refractivity contribution is 5.20. The molecule has 1 unspecified atom stereocenters. The second-order valence-electron chi connectivity index (χ2n) is 4.32. The van der Waals surface area contributed by atoms with E-state index in [1.807, 2.05) is 12.1 Å². The van der Waals surface area contributed by atoms with Crippen LogP contribution in [0.5, 0.6) is 5.75 Å². The van der Waals surface area contributed by atoms with Crippen molar-refractivity contribution in [3.8, 4) is 5.75 Å². The molecule has 0 saturated heterocycles. The molecule has 0 bridgehead atoms. The summed E-state index contributed by atoms with van der Waals surface area (Å²) in [5, 5.41) is 0. The van der Waals surface area contributed by atoms with E-state index in [0.717, 1.165) is 37.3 Å².